The molecule has 1 aliphatic rings. The maximum absolute atomic E-state index is 12.6. The second-order valence-electron chi connectivity index (χ2n) is 7.04. The second-order valence-corrected chi connectivity index (χ2v) is 8.35. The van der Waals surface area contributed by atoms with Crippen LogP contribution in [0.2, 0.25) is 0 Å². The minimum atomic E-state index is -0.297. The van der Waals surface area contributed by atoms with Gasteiger partial charge < -0.3 is 15.9 Å². The van der Waals surface area contributed by atoms with Crippen LogP contribution in [0.25, 0.3) is 11.4 Å². The average molecular weight is 390 g/mol. The Balaban J connectivity index is 1.64. The van der Waals surface area contributed by atoms with E-state index in [1.54, 1.807) is 7.11 Å². The van der Waals surface area contributed by atoms with Crippen molar-refractivity contribution in [2.45, 2.75) is 56.0 Å². The Morgan fingerprint density at radius 3 is 2.67 bits per heavy atom. The molecule has 0 bridgehead atoms. The van der Waals surface area contributed by atoms with E-state index in [2.05, 4.69) is 22.4 Å². The Bertz CT molecular complexity index is 777. The average Bonchev–Trinajstić information content (AvgIpc) is 3.04. The van der Waals surface area contributed by atoms with Gasteiger partial charge in [0.25, 0.3) is 0 Å². The topological polar surface area (TPSA) is 95.1 Å². The van der Waals surface area contributed by atoms with Crippen LogP contribution in [0, 0.1) is 5.92 Å². The largest absolute Gasteiger partial charge is 0.497 e. The van der Waals surface area contributed by atoms with Gasteiger partial charge in [-0.25, -0.2) is 4.68 Å². The quantitative estimate of drug-likeness (QED) is 0.583. The van der Waals surface area contributed by atoms with Crippen LogP contribution in [0.15, 0.2) is 29.4 Å². The highest BCUT2D eigenvalue weighted by molar-refractivity contribution is 8.00. The van der Waals surface area contributed by atoms with E-state index in [1.165, 1.54) is 35.7 Å². The Kier molecular flexibility index (Phi) is 6.26. The highest BCUT2D eigenvalue weighted by Gasteiger charge is 2.26. The van der Waals surface area contributed by atoms with Gasteiger partial charge in [0.1, 0.15) is 5.75 Å². The fourth-order valence-electron chi connectivity index (χ4n) is 3.34. The predicted octanol–water partition coefficient (Wildman–Crippen LogP) is 2.84. The number of hydrogen-bond acceptors (Lipinski definition) is 6. The van der Waals surface area contributed by atoms with E-state index in [9.17, 15) is 4.79 Å². The summed E-state index contributed by atoms with van der Waals surface area (Å²) in [5.74, 6) is 8.03. The molecule has 27 heavy (non-hydrogen) atoms. The van der Waals surface area contributed by atoms with Gasteiger partial charge in [-0.2, -0.15) is 0 Å². The molecular formula is C19H27N5O2S. The van der Waals surface area contributed by atoms with Crippen molar-refractivity contribution in [3.63, 3.8) is 0 Å². The molecule has 1 aromatic heterocycles. The summed E-state index contributed by atoms with van der Waals surface area (Å²) >= 11 is 1.32. The Labute approximate surface area is 164 Å². The highest BCUT2D eigenvalue weighted by Crippen LogP contribution is 2.27. The van der Waals surface area contributed by atoms with Crippen LogP contribution in [-0.4, -0.2) is 39.2 Å². The molecule has 0 saturated heterocycles. The lowest BCUT2D eigenvalue weighted by Gasteiger charge is -2.30. The van der Waals surface area contributed by atoms with Gasteiger partial charge in [0.15, 0.2) is 5.82 Å². The monoisotopic (exact) mass is 389 g/mol. The van der Waals surface area contributed by atoms with Crippen molar-refractivity contribution in [1.29, 1.82) is 0 Å². The summed E-state index contributed by atoms with van der Waals surface area (Å²) in [5.41, 5.74) is 0.839. The fraction of sp³-hybridized carbons (Fsp3) is 0.526. The van der Waals surface area contributed by atoms with Crippen LogP contribution in [0.4, 0.5) is 0 Å². The number of benzene rings is 1. The van der Waals surface area contributed by atoms with Gasteiger partial charge in [-0.3, -0.25) is 4.79 Å². The van der Waals surface area contributed by atoms with Gasteiger partial charge in [0.2, 0.25) is 11.1 Å². The molecule has 8 heteroatoms. The summed E-state index contributed by atoms with van der Waals surface area (Å²) < 4.78 is 6.60. The molecule has 0 aliphatic heterocycles. The van der Waals surface area contributed by atoms with Gasteiger partial charge >= 0.3 is 0 Å². The number of nitrogens with one attached hydrogen (secondary N) is 1. The molecular weight excluding hydrogens is 362 g/mol. The molecule has 146 valence electrons. The maximum Gasteiger partial charge on any atom is 0.233 e. The lowest BCUT2D eigenvalue weighted by Crippen LogP contribution is -2.44. The number of nitrogens with zero attached hydrogens (tertiary/aromatic N) is 3. The standard InChI is InChI=1S/C19H27N5O2S/c1-12-6-4-5-7-16(12)21-18(25)13(2)27-19-23-22-17(24(19)20)14-8-10-15(26-3)11-9-14/h8-13,16H,4-7,20H2,1-3H3,(H,21,25). The first kappa shape index (κ1) is 19.5. The van der Waals surface area contributed by atoms with Gasteiger partial charge in [0, 0.05) is 11.6 Å². The van der Waals surface area contributed by atoms with Gasteiger partial charge in [-0.05, 0) is 49.9 Å². The fourth-order valence-corrected chi connectivity index (χ4v) is 4.12. The lowest BCUT2D eigenvalue weighted by atomic mass is 9.86. The minimum absolute atomic E-state index is 0.0211. The summed E-state index contributed by atoms with van der Waals surface area (Å²) in [6.07, 6.45) is 4.66. The van der Waals surface area contributed by atoms with Crippen molar-refractivity contribution in [2.24, 2.45) is 5.92 Å². The number of amides is 1. The first-order chi connectivity index (χ1) is 13.0. The van der Waals surface area contributed by atoms with Crippen molar-refractivity contribution in [3.05, 3.63) is 24.3 Å². The van der Waals surface area contributed by atoms with Crippen LogP contribution < -0.4 is 15.9 Å². The molecule has 1 aromatic carbocycles. The zero-order valence-corrected chi connectivity index (χ0v) is 16.8. The molecule has 1 saturated carbocycles. The molecule has 1 heterocycles. The van der Waals surface area contributed by atoms with Crippen LogP contribution in [0.5, 0.6) is 5.75 Å². The molecule has 0 radical (unpaired) electrons. The number of rotatable bonds is 6. The van der Waals surface area contributed by atoms with E-state index < -0.39 is 0 Å². The number of nitrogens with two attached hydrogens (primary N) is 1. The molecule has 3 atom stereocenters. The number of carbonyl (C=O) groups excluding carboxylic acids is 1. The number of nitrogen functional groups attached to an aromatic ring is 1. The second kappa shape index (κ2) is 8.65. The predicted molar refractivity (Wildman–Crippen MR) is 107 cm³/mol. The summed E-state index contributed by atoms with van der Waals surface area (Å²) in [4.78, 5) is 12.6. The molecule has 3 unspecified atom stereocenters. The van der Waals surface area contributed by atoms with Crippen molar-refractivity contribution in [3.8, 4) is 17.1 Å². The number of aromatic nitrogens is 3. The molecule has 3 rings (SSSR count). The summed E-state index contributed by atoms with van der Waals surface area (Å²) in [6, 6.07) is 7.71. The molecule has 2 aromatic rings. The van der Waals surface area contributed by atoms with Crippen LogP contribution in [-0.2, 0) is 4.79 Å². The summed E-state index contributed by atoms with van der Waals surface area (Å²) in [7, 11) is 1.62. The lowest BCUT2D eigenvalue weighted by molar-refractivity contribution is -0.121. The zero-order chi connectivity index (χ0) is 19.4. The first-order valence-electron chi connectivity index (χ1n) is 9.31. The van der Waals surface area contributed by atoms with Gasteiger partial charge in [0.05, 0.1) is 12.4 Å². The van der Waals surface area contributed by atoms with E-state index in [1.807, 2.05) is 31.2 Å². The molecule has 7 nitrogen and oxygen atoms in total. The Morgan fingerprint density at radius 1 is 1.30 bits per heavy atom. The summed E-state index contributed by atoms with van der Waals surface area (Å²) in [5, 5.41) is 11.7. The van der Waals surface area contributed by atoms with Crippen LogP contribution in [0.1, 0.15) is 39.5 Å². The van der Waals surface area contributed by atoms with E-state index in [0.29, 0.717) is 16.9 Å². The minimum Gasteiger partial charge on any atom is -0.497 e. The van der Waals surface area contributed by atoms with Gasteiger partial charge in [-0.15, -0.1) is 10.2 Å². The highest BCUT2D eigenvalue weighted by atomic mass is 32.2. The van der Waals surface area contributed by atoms with E-state index in [-0.39, 0.29) is 17.2 Å². The van der Waals surface area contributed by atoms with Crippen molar-refractivity contribution in [1.82, 2.24) is 20.2 Å². The molecule has 1 aliphatic carbocycles. The third kappa shape index (κ3) is 4.55. The summed E-state index contributed by atoms with van der Waals surface area (Å²) in [6.45, 7) is 4.08. The molecule has 1 fully saturated rings. The van der Waals surface area contributed by atoms with Gasteiger partial charge in [-0.1, -0.05) is 31.5 Å². The SMILES string of the molecule is COc1ccc(-c2nnc(SC(C)C(=O)NC3CCCCC3C)n2N)cc1. The number of methoxy groups -OCH3 is 1. The molecule has 0 spiro atoms. The first-order valence-corrected chi connectivity index (χ1v) is 10.2. The Hall–Kier alpha value is -2.22. The molecule has 3 N–H and O–H groups in total. The smallest absolute Gasteiger partial charge is 0.233 e. The number of thioether (sulfide) groups is 1. The van der Waals surface area contributed by atoms with Crippen molar-refractivity contribution >= 4 is 17.7 Å². The normalized spacial score (nSPS) is 20.9. The van der Waals surface area contributed by atoms with Crippen molar-refractivity contribution < 1.29 is 9.53 Å². The molecule has 1 amide bonds. The van der Waals surface area contributed by atoms with Crippen LogP contribution >= 0.6 is 11.8 Å². The number of carbonyl (C=O) groups is 1. The maximum atomic E-state index is 12.6. The zero-order valence-electron chi connectivity index (χ0n) is 16.0. The van der Waals surface area contributed by atoms with Crippen LogP contribution in [0.3, 0.4) is 0 Å². The Morgan fingerprint density at radius 2 is 2.00 bits per heavy atom. The third-order valence-corrected chi connectivity index (χ3v) is 6.16. The van der Waals surface area contributed by atoms with Crippen molar-refractivity contribution in [2.75, 3.05) is 13.0 Å². The number of ether oxygens (including phenoxy) is 1. The van der Waals surface area contributed by atoms with E-state index in [0.717, 1.165) is 17.7 Å². The van der Waals surface area contributed by atoms with E-state index >= 15 is 0 Å². The van der Waals surface area contributed by atoms with E-state index in [4.69, 9.17) is 10.6 Å². The number of hydrogen-bond donors (Lipinski definition) is 2. The third-order valence-electron chi connectivity index (χ3n) is 5.10.